The molecule has 3 fully saturated rings. The van der Waals surface area contributed by atoms with Crippen LogP contribution < -0.4 is 10.1 Å². The zero-order chi connectivity index (χ0) is 37.1. The van der Waals surface area contributed by atoms with Gasteiger partial charge in [0.1, 0.15) is 0 Å². The van der Waals surface area contributed by atoms with E-state index < -0.39 is 55.2 Å². The first-order valence-corrected chi connectivity index (χ1v) is 22.4. The third kappa shape index (κ3) is 12.9. The van der Waals surface area contributed by atoms with Gasteiger partial charge in [-0.2, -0.15) is 0 Å². The highest BCUT2D eigenvalue weighted by Crippen LogP contribution is 2.36. The average Bonchev–Trinajstić information content (AvgIpc) is 3.07. The fourth-order valence-corrected chi connectivity index (χ4v) is 11.4. The number of rotatable bonds is 19. The first kappa shape index (κ1) is 43.0. The molecular weight excluding hydrogens is 683 g/mol. The van der Waals surface area contributed by atoms with Crippen molar-refractivity contribution in [3.05, 3.63) is 0 Å². The molecule has 0 aromatic heterocycles. The van der Waals surface area contributed by atoms with E-state index in [9.17, 15) is 36.6 Å². The van der Waals surface area contributed by atoms with Crippen LogP contribution in [0.5, 0.6) is 0 Å². The van der Waals surface area contributed by atoms with Crippen molar-refractivity contribution in [2.75, 3.05) is 46.0 Å². The fraction of sp³-hybridized carbons (Fsp3) is 0.943. The Hall–Kier alpha value is -1.36. The number of carbonyl (C=O) groups excluding carboxylic acids is 2. The molecule has 0 heterocycles. The summed E-state index contributed by atoms with van der Waals surface area (Å²) >= 11 is 0. The standard InChI is InChI=1S/C35H67N5O8S2/c1-6-18-39(19-7-2)35(44)29-21-28(22-31(23-29)50(47,48)38(4)5)34(43)36-32(20-26-14-16-30(41)17-15-26)33(42)24-40(8-3)37-49(45,46)25-27-12-10-9-11-13-27/h26-33,37,41-42H,6-25H2,1-5H3,(H,36,43). The summed E-state index contributed by atoms with van der Waals surface area (Å²) in [6, 6.07) is -0.740. The van der Waals surface area contributed by atoms with E-state index in [4.69, 9.17) is 0 Å². The van der Waals surface area contributed by atoms with Crippen LogP contribution in [0.2, 0.25) is 0 Å². The van der Waals surface area contributed by atoms with Crippen molar-refractivity contribution in [2.45, 2.75) is 141 Å². The number of hydrogen-bond donors (Lipinski definition) is 4. The molecule has 0 aliphatic heterocycles. The van der Waals surface area contributed by atoms with Crippen molar-refractivity contribution in [3.63, 3.8) is 0 Å². The Kier molecular flexibility index (Phi) is 17.4. The maximum atomic E-state index is 14.1. The van der Waals surface area contributed by atoms with Gasteiger partial charge in [0.2, 0.25) is 31.9 Å². The van der Waals surface area contributed by atoms with Crippen molar-refractivity contribution >= 4 is 31.9 Å². The van der Waals surface area contributed by atoms with Gasteiger partial charge >= 0.3 is 0 Å². The topological polar surface area (TPSA) is 177 Å². The largest absolute Gasteiger partial charge is 0.393 e. The molecule has 292 valence electrons. The molecule has 0 spiro atoms. The molecule has 15 heteroatoms. The smallest absolute Gasteiger partial charge is 0.225 e. The van der Waals surface area contributed by atoms with Gasteiger partial charge in [0.05, 0.1) is 29.3 Å². The summed E-state index contributed by atoms with van der Waals surface area (Å²) in [6.45, 7) is 7.17. The van der Waals surface area contributed by atoms with Gasteiger partial charge < -0.3 is 20.4 Å². The monoisotopic (exact) mass is 749 g/mol. The summed E-state index contributed by atoms with van der Waals surface area (Å²) in [7, 11) is -4.48. The molecule has 0 aromatic rings. The quantitative estimate of drug-likeness (QED) is 0.145. The minimum Gasteiger partial charge on any atom is -0.393 e. The molecule has 50 heavy (non-hydrogen) atoms. The van der Waals surface area contributed by atoms with Crippen LogP contribution >= 0.6 is 0 Å². The number of hydrazine groups is 1. The average molecular weight is 750 g/mol. The Morgan fingerprint density at radius 2 is 1.42 bits per heavy atom. The van der Waals surface area contributed by atoms with E-state index in [1.807, 2.05) is 13.8 Å². The molecule has 3 aliphatic rings. The lowest BCUT2D eigenvalue weighted by atomic mass is 9.79. The van der Waals surface area contributed by atoms with E-state index in [1.54, 1.807) is 11.8 Å². The van der Waals surface area contributed by atoms with E-state index in [1.165, 1.54) is 19.1 Å². The summed E-state index contributed by atoms with van der Waals surface area (Å²) in [4.78, 5) is 32.3. The lowest BCUT2D eigenvalue weighted by Gasteiger charge is -2.38. The summed E-state index contributed by atoms with van der Waals surface area (Å²) in [5.41, 5.74) is 0. The fourth-order valence-electron chi connectivity index (χ4n) is 8.19. The van der Waals surface area contributed by atoms with Gasteiger partial charge in [-0.25, -0.2) is 26.1 Å². The van der Waals surface area contributed by atoms with E-state index in [0.29, 0.717) is 38.9 Å². The first-order chi connectivity index (χ1) is 23.6. The van der Waals surface area contributed by atoms with Crippen LogP contribution in [0.15, 0.2) is 0 Å². The van der Waals surface area contributed by atoms with Crippen LogP contribution in [0.25, 0.3) is 0 Å². The molecular formula is C35H67N5O8S2. The van der Waals surface area contributed by atoms with Crippen LogP contribution in [0.1, 0.15) is 117 Å². The normalized spacial score (nSPS) is 26.9. The van der Waals surface area contributed by atoms with Gasteiger partial charge in [-0.05, 0) is 88.9 Å². The van der Waals surface area contributed by atoms with Gasteiger partial charge in [0, 0.05) is 52.1 Å². The van der Waals surface area contributed by atoms with Crippen LogP contribution in [-0.4, -0.2) is 123 Å². The second-order valence-corrected chi connectivity index (χ2v) is 19.6. The zero-order valence-corrected chi connectivity index (χ0v) is 32.9. The SMILES string of the molecule is CCCN(CCC)C(=O)C1CC(C(=O)NC(CC2CCC(O)CC2)C(O)CN(CC)NS(=O)(=O)CC2CCCCC2)CC(S(=O)(=O)N(C)C)C1. The van der Waals surface area contributed by atoms with Crippen molar-refractivity contribution < 1.29 is 36.6 Å². The molecule has 0 radical (unpaired) electrons. The Morgan fingerprint density at radius 3 is 1.98 bits per heavy atom. The van der Waals surface area contributed by atoms with Gasteiger partial charge in [-0.15, -0.1) is 4.83 Å². The van der Waals surface area contributed by atoms with Crippen LogP contribution in [0.3, 0.4) is 0 Å². The molecule has 5 atom stereocenters. The number of amides is 2. The molecule has 0 aromatic carbocycles. The predicted octanol–water partition coefficient (Wildman–Crippen LogP) is 2.83. The molecule has 3 saturated carbocycles. The predicted molar refractivity (Wildman–Crippen MR) is 196 cm³/mol. The van der Waals surface area contributed by atoms with Crippen molar-refractivity contribution in [1.29, 1.82) is 0 Å². The molecule has 0 bridgehead atoms. The Balaban J connectivity index is 1.81. The number of nitrogens with zero attached hydrogens (tertiary/aromatic N) is 3. The third-order valence-corrected chi connectivity index (χ3v) is 14.7. The van der Waals surface area contributed by atoms with E-state index in [0.717, 1.165) is 62.1 Å². The number of sulfonamides is 2. The minimum atomic E-state index is -3.77. The highest BCUT2D eigenvalue weighted by atomic mass is 32.2. The highest BCUT2D eigenvalue weighted by Gasteiger charge is 2.44. The zero-order valence-electron chi connectivity index (χ0n) is 31.3. The number of likely N-dealkylation sites (N-methyl/N-ethyl adjacent to an activating group) is 1. The molecule has 0 saturated heterocycles. The number of aliphatic hydroxyl groups is 2. The molecule has 4 N–H and O–H groups in total. The second-order valence-electron chi connectivity index (χ2n) is 15.4. The maximum absolute atomic E-state index is 14.1. The number of nitrogens with one attached hydrogen (secondary N) is 2. The van der Waals surface area contributed by atoms with E-state index in [-0.39, 0.29) is 55.4 Å². The van der Waals surface area contributed by atoms with Gasteiger partial charge in [0.25, 0.3) is 0 Å². The summed E-state index contributed by atoms with van der Waals surface area (Å²) in [6.07, 6.45) is 8.61. The third-order valence-electron chi connectivity index (χ3n) is 11.0. The summed E-state index contributed by atoms with van der Waals surface area (Å²) in [5, 5.41) is 25.4. The molecule has 5 unspecified atom stereocenters. The number of carbonyl (C=O) groups is 2. The van der Waals surface area contributed by atoms with Crippen molar-refractivity contribution in [1.82, 2.24) is 24.4 Å². The molecule has 13 nitrogen and oxygen atoms in total. The Labute approximate surface area is 302 Å². The minimum absolute atomic E-state index is 0.0384. The van der Waals surface area contributed by atoms with Crippen LogP contribution in [0, 0.1) is 23.7 Å². The van der Waals surface area contributed by atoms with Gasteiger partial charge in [0.15, 0.2) is 0 Å². The summed E-state index contributed by atoms with van der Waals surface area (Å²) < 4.78 is 54.2. The first-order valence-electron chi connectivity index (χ1n) is 19.2. The maximum Gasteiger partial charge on any atom is 0.225 e. The van der Waals surface area contributed by atoms with Crippen LogP contribution in [0.4, 0.5) is 0 Å². The van der Waals surface area contributed by atoms with Crippen molar-refractivity contribution in [3.8, 4) is 0 Å². The Bertz CT molecular complexity index is 1260. The molecule has 3 rings (SSSR count). The lowest BCUT2D eigenvalue weighted by Crippen LogP contribution is -2.55. The van der Waals surface area contributed by atoms with Crippen molar-refractivity contribution in [2.24, 2.45) is 23.7 Å². The van der Waals surface area contributed by atoms with Gasteiger partial charge in [-0.3, -0.25) is 9.59 Å². The lowest BCUT2D eigenvalue weighted by molar-refractivity contribution is -0.138. The van der Waals surface area contributed by atoms with E-state index in [2.05, 4.69) is 10.1 Å². The van der Waals surface area contributed by atoms with Crippen LogP contribution in [-0.2, 0) is 29.6 Å². The van der Waals surface area contributed by atoms with E-state index >= 15 is 0 Å². The number of aliphatic hydroxyl groups excluding tert-OH is 2. The Morgan fingerprint density at radius 1 is 0.820 bits per heavy atom. The molecule has 3 aliphatic carbocycles. The number of hydrogen-bond acceptors (Lipinski definition) is 9. The highest BCUT2D eigenvalue weighted by molar-refractivity contribution is 7.89. The second kappa shape index (κ2) is 20.2. The summed E-state index contributed by atoms with van der Waals surface area (Å²) in [5.74, 6) is -1.63. The molecule has 2 amide bonds. The van der Waals surface area contributed by atoms with Gasteiger partial charge in [-0.1, -0.05) is 40.0 Å².